The molecule has 0 unspecified atom stereocenters. The molecular formula is C11H16ClN3. The van der Waals surface area contributed by atoms with E-state index >= 15 is 0 Å². The zero-order valence-electron chi connectivity index (χ0n) is 9.13. The minimum Gasteiger partial charge on any atom is -0.372 e. The fourth-order valence-corrected chi connectivity index (χ4v) is 1.22. The first kappa shape index (κ1) is 11.9. The van der Waals surface area contributed by atoms with Gasteiger partial charge in [0.25, 0.3) is 0 Å². The van der Waals surface area contributed by atoms with Crippen molar-refractivity contribution in [3.05, 3.63) is 35.9 Å². The van der Waals surface area contributed by atoms with Gasteiger partial charge in [0, 0.05) is 13.6 Å². The lowest BCUT2D eigenvalue weighted by atomic mass is 10.4. The van der Waals surface area contributed by atoms with Crippen LogP contribution in [0.15, 0.2) is 30.7 Å². The van der Waals surface area contributed by atoms with Crippen LogP contribution < -0.4 is 10.2 Å². The number of anilines is 1. The van der Waals surface area contributed by atoms with E-state index in [0.29, 0.717) is 5.15 Å². The summed E-state index contributed by atoms with van der Waals surface area (Å²) in [5.41, 5.74) is 0.966. The molecule has 4 heteroatoms. The number of hydrogen-bond donors (Lipinski definition) is 1. The first-order valence-corrected chi connectivity index (χ1v) is 5.31. The van der Waals surface area contributed by atoms with Crippen molar-refractivity contribution in [3.8, 4) is 0 Å². The first-order chi connectivity index (χ1) is 7.15. The van der Waals surface area contributed by atoms with Gasteiger partial charge in [-0.3, -0.25) is 0 Å². The smallest absolute Gasteiger partial charge is 0.129 e. The molecule has 1 rings (SSSR count). The predicted octanol–water partition coefficient (Wildman–Crippen LogP) is 2.64. The van der Waals surface area contributed by atoms with Crippen molar-refractivity contribution in [1.29, 1.82) is 0 Å². The van der Waals surface area contributed by atoms with E-state index in [1.54, 1.807) is 12.3 Å². The summed E-state index contributed by atoms with van der Waals surface area (Å²) in [5.74, 6) is 0.862. The van der Waals surface area contributed by atoms with Gasteiger partial charge in [-0.15, -0.1) is 0 Å². The number of hydrogen-bond acceptors (Lipinski definition) is 3. The van der Waals surface area contributed by atoms with E-state index in [0.717, 1.165) is 24.5 Å². The molecule has 0 saturated carbocycles. The molecule has 0 atom stereocenters. The van der Waals surface area contributed by atoms with E-state index in [1.807, 2.05) is 18.0 Å². The Morgan fingerprint density at radius 2 is 2.33 bits per heavy atom. The minimum absolute atomic E-state index is 0.499. The van der Waals surface area contributed by atoms with Crippen LogP contribution in [0.2, 0.25) is 5.15 Å². The lowest BCUT2D eigenvalue weighted by molar-refractivity contribution is 0.747. The van der Waals surface area contributed by atoms with Crippen molar-refractivity contribution in [2.75, 3.05) is 18.5 Å². The standard InChI is InChI=1S/C11H16ClN3/c1-4-7-13-9(2)15(3)10-5-6-11(12)14-8-10/h5-6,8,13H,2,4,7H2,1,3H3. The minimum atomic E-state index is 0.499. The van der Waals surface area contributed by atoms with E-state index in [1.165, 1.54) is 0 Å². The van der Waals surface area contributed by atoms with Gasteiger partial charge < -0.3 is 10.2 Å². The Kier molecular flexibility index (Phi) is 4.43. The zero-order valence-corrected chi connectivity index (χ0v) is 9.88. The van der Waals surface area contributed by atoms with E-state index in [9.17, 15) is 0 Å². The van der Waals surface area contributed by atoms with Gasteiger partial charge in [0.1, 0.15) is 5.15 Å². The van der Waals surface area contributed by atoms with E-state index in [-0.39, 0.29) is 0 Å². The van der Waals surface area contributed by atoms with Gasteiger partial charge in [0.2, 0.25) is 0 Å². The number of aromatic nitrogens is 1. The van der Waals surface area contributed by atoms with Crippen LogP contribution in [0.25, 0.3) is 0 Å². The molecule has 15 heavy (non-hydrogen) atoms. The van der Waals surface area contributed by atoms with Crippen molar-refractivity contribution in [2.24, 2.45) is 0 Å². The number of halogens is 1. The van der Waals surface area contributed by atoms with Gasteiger partial charge in [0.05, 0.1) is 17.7 Å². The van der Waals surface area contributed by atoms with Crippen molar-refractivity contribution in [1.82, 2.24) is 10.3 Å². The van der Waals surface area contributed by atoms with Crippen molar-refractivity contribution >= 4 is 17.3 Å². The highest BCUT2D eigenvalue weighted by Crippen LogP contribution is 2.15. The Bertz CT molecular complexity index is 321. The van der Waals surface area contributed by atoms with Crippen LogP contribution in [0.1, 0.15) is 13.3 Å². The number of nitrogens with zero attached hydrogens (tertiary/aromatic N) is 2. The average molecular weight is 226 g/mol. The highest BCUT2D eigenvalue weighted by atomic mass is 35.5. The second-order valence-corrected chi connectivity index (χ2v) is 3.66. The van der Waals surface area contributed by atoms with E-state index < -0.39 is 0 Å². The monoisotopic (exact) mass is 225 g/mol. The van der Waals surface area contributed by atoms with Crippen LogP contribution in [0.3, 0.4) is 0 Å². The molecule has 0 fully saturated rings. The molecule has 82 valence electrons. The van der Waals surface area contributed by atoms with Crippen LogP contribution in [-0.4, -0.2) is 18.6 Å². The lowest BCUT2D eigenvalue weighted by Crippen LogP contribution is -2.28. The molecular weight excluding hydrogens is 210 g/mol. The van der Waals surface area contributed by atoms with Crippen LogP contribution >= 0.6 is 11.6 Å². The normalized spacial score (nSPS) is 9.80. The van der Waals surface area contributed by atoms with Gasteiger partial charge in [-0.1, -0.05) is 25.1 Å². The maximum atomic E-state index is 5.71. The van der Waals surface area contributed by atoms with Gasteiger partial charge in [-0.05, 0) is 18.6 Å². The summed E-state index contributed by atoms with van der Waals surface area (Å²) >= 11 is 5.71. The molecule has 0 aliphatic heterocycles. The summed E-state index contributed by atoms with van der Waals surface area (Å²) in [6, 6.07) is 3.68. The van der Waals surface area contributed by atoms with Crippen LogP contribution in [0.5, 0.6) is 0 Å². The van der Waals surface area contributed by atoms with Gasteiger partial charge in [-0.25, -0.2) is 4.98 Å². The highest BCUT2D eigenvalue weighted by Gasteiger charge is 2.04. The summed E-state index contributed by atoms with van der Waals surface area (Å²) < 4.78 is 0. The second-order valence-electron chi connectivity index (χ2n) is 3.27. The SMILES string of the molecule is C=C(NCCC)N(C)c1ccc(Cl)nc1. The predicted molar refractivity (Wildman–Crippen MR) is 65.1 cm³/mol. The van der Waals surface area contributed by atoms with Crippen molar-refractivity contribution < 1.29 is 0 Å². The third-order valence-electron chi connectivity index (χ3n) is 2.08. The van der Waals surface area contributed by atoms with Gasteiger partial charge >= 0.3 is 0 Å². The van der Waals surface area contributed by atoms with Gasteiger partial charge in [-0.2, -0.15) is 0 Å². The largest absolute Gasteiger partial charge is 0.372 e. The molecule has 0 aromatic carbocycles. The lowest BCUT2D eigenvalue weighted by Gasteiger charge is -2.22. The van der Waals surface area contributed by atoms with E-state index in [4.69, 9.17) is 11.6 Å². The average Bonchev–Trinajstić information content (AvgIpc) is 2.26. The van der Waals surface area contributed by atoms with Crippen LogP contribution in [0, 0.1) is 0 Å². The summed E-state index contributed by atoms with van der Waals surface area (Å²) in [5, 5.41) is 3.72. The van der Waals surface area contributed by atoms with Crippen molar-refractivity contribution in [3.63, 3.8) is 0 Å². The second kappa shape index (κ2) is 5.61. The Labute approximate surface area is 95.8 Å². The number of pyridine rings is 1. The third kappa shape index (κ3) is 3.44. The quantitative estimate of drug-likeness (QED) is 0.781. The molecule has 1 aromatic rings. The molecule has 1 heterocycles. The number of rotatable bonds is 5. The van der Waals surface area contributed by atoms with Crippen LogP contribution in [0.4, 0.5) is 5.69 Å². The topological polar surface area (TPSA) is 28.2 Å². The molecule has 3 nitrogen and oxygen atoms in total. The molecule has 0 aliphatic carbocycles. The molecule has 1 N–H and O–H groups in total. The molecule has 0 radical (unpaired) electrons. The highest BCUT2D eigenvalue weighted by molar-refractivity contribution is 6.29. The maximum absolute atomic E-state index is 5.71. The molecule has 0 aliphatic rings. The first-order valence-electron chi connectivity index (χ1n) is 4.93. The fourth-order valence-electron chi connectivity index (χ4n) is 1.11. The summed E-state index contributed by atoms with van der Waals surface area (Å²) in [7, 11) is 1.94. The number of nitrogens with one attached hydrogen (secondary N) is 1. The molecule has 0 spiro atoms. The Morgan fingerprint density at radius 1 is 1.60 bits per heavy atom. The Hall–Kier alpha value is -1.22. The van der Waals surface area contributed by atoms with Crippen LogP contribution in [-0.2, 0) is 0 Å². The summed E-state index contributed by atoms with van der Waals surface area (Å²) in [6.07, 6.45) is 2.80. The summed E-state index contributed by atoms with van der Waals surface area (Å²) in [6.45, 7) is 6.98. The van der Waals surface area contributed by atoms with E-state index in [2.05, 4.69) is 23.8 Å². The van der Waals surface area contributed by atoms with Gasteiger partial charge in [0.15, 0.2) is 0 Å². The molecule has 0 bridgehead atoms. The molecule has 0 saturated heterocycles. The molecule has 1 aromatic heterocycles. The Balaban J connectivity index is 2.63. The third-order valence-corrected chi connectivity index (χ3v) is 2.31. The fraction of sp³-hybridized carbons (Fsp3) is 0.364. The zero-order chi connectivity index (χ0) is 11.3. The Morgan fingerprint density at radius 3 is 2.87 bits per heavy atom. The maximum Gasteiger partial charge on any atom is 0.129 e. The molecule has 0 amide bonds. The van der Waals surface area contributed by atoms with Crippen molar-refractivity contribution in [2.45, 2.75) is 13.3 Å². The summed E-state index contributed by atoms with van der Waals surface area (Å²) in [4.78, 5) is 5.96.